The Morgan fingerprint density at radius 2 is 2.22 bits per heavy atom. The number of nitrogens with zero attached hydrogens (tertiary/aromatic N) is 3. The first-order valence-corrected chi connectivity index (χ1v) is 11.6. The van der Waals surface area contributed by atoms with Gasteiger partial charge in [-0.1, -0.05) is 12.1 Å². The van der Waals surface area contributed by atoms with E-state index in [4.69, 9.17) is 14.5 Å². The topological polar surface area (TPSA) is 78.3 Å². The van der Waals surface area contributed by atoms with Crippen LogP contribution < -0.4 is 14.8 Å². The lowest BCUT2D eigenvalue weighted by molar-refractivity contribution is -0.121. The van der Waals surface area contributed by atoms with E-state index in [1.165, 1.54) is 11.3 Å². The van der Waals surface area contributed by atoms with Gasteiger partial charge >= 0.3 is 0 Å². The fourth-order valence-electron chi connectivity index (χ4n) is 4.06. The second kappa shape index (κ2) is 8.63. The van der Waals surface area contributed by atoms with Crippen molar-refractivity contribution in [1.82, 2.24) is 19.9 Å². The minimum Gasteiger partial charge on any atom is -0.494 e. The Balaban J connectivity index is 1.37. The highest BCUT2D eigenvalue weighted by Gasteiger charge is 2.22. The monoisotopic (exact) mass is 448 g/mol. The zero-order valence-electron chi connectivity index (χ0n) is 18.0. The van der Waals surface area contributed by atoms with Crippen LogP contribution in [0.1, 0.15) is 25.0 Å². The van der Waals surface area contributed by atoms with Gasteiger partial charge in [0.1, 0.15) is 29.8 Å². The molecule has 1 amide bonds. The molecule has 32 heavy (non-hydrogen) atoms. The minimum absolute atomic E-state index is 0.109. The van der Waals surface area contributed by atoms with E-state index in [-0.39, 0.29) is 18.6 Å². The van der Waals surface area contributed by atoms with Gasteiger partial charge in [0.15, 0.2) is 5.82 Å². The normalized spacial score (nSPS) is 14.9. The predicted octanol–water partition coefficient (Wildman–Crippen LogP) is 4.20. The first-order valence-electron chi connectivity index (χ1n) is 10.7. The number of ether oxygens (including phenoxy) is 2. The van der Waals surface area contributed by atoms with Crippen molar-refractivity contribution in [2.24, 2.45) is 0 Å². The number of para-hydroxylation sites is 2. The van der Waals surface area contributed by atoms with Crippen molar-refractivity contribution in [3.63, 3.8) is 0 Å². The summed E-state index contributed by atoms with van der Waals surface area (Å²) in [5.41, 5.74) is 6.33. The summed E-state index contributed by atoms with van der Waals surface area (Å²) >= 11 is 1.50. The van der Waals surface area contributed by atoms with Crippen molar-refractivity contribution >= 4 is 28.3 Å². The van der Waals surface area contributed by atoms with E-state index in [1.807, 2.05) is 53.3 Å². The summed E-state index contributed by atoms with van der Waals surface area (Å²) in [7, 11) is 0. The van der Waals surface area contributed by atoms with Crippen molar-refractivity contribution in [2.75, 3.05) is 6.61 Å². The standard InChI is InChI=1S/C24H24N4O3S/c1-3-30-21-9-16-8-15(2)31-22(16)10-17(21)11-25-23(29)12-28-20-7-5-4-6-18(20)27-24(28)19-13-32-14-26-19/h4-7,9-10,13-15H,3,8,11-12H2,1-2H3,(H,25,29)/t15-/m1/s1. The maximum Gasteiger partial charge on any atom is 0.240 e. The second-order valence-electron chi connectivity index (χ2n) is 7.79. The number of benzene rings is 2. The number of hydrogen-bond donors (Lipinski definition) is 1. The third-order valence-corrected chi connectivity index (χ3v) is 6.06. The van der Waals surface area contributed by atoms with Crippen LogP contribution in [0.25, 0.3) is 22.6 Å². The lowest BCUT2D eigenvalue weighted by Gasteiger charge is -2.14. The Labute approximate surface area is 190 Å². The number of carbonyl (C=O) groups is 1. The summed E-state index contributed by atoms with van der Waals surface area (Å²) in [6, 6.07) is 11.8. The number of nitrogens with one attached hydrogen (secondary N) is 1. The lowest BCUT2D eigenvalue weighted by atomic mass is 10.1. The summed E-state index contributed by atoms with van der Waals surface area (Å²) in [5, 5.41) is 4.97. The zero-order chi connectivity index (χ0) is 22.1. The predicted molar refractivity (Wildman–Crippen MR) is 124 cm³/mol. The van der Waals surface area contributed by atoms with E-state index < -0.39 is 0 Å². The maximum absolute atomic E-state index is 13.0. The Hall–Kier alpha value is -3.39. The molecule has 2 aromatic carbocycles. The molecule has 3 heterocycles. The molecule has 1 aliphatic heterocycles. The first kappa shape index (κ1) is 20.5. The highest BCUT2D eigenvalue weighted by atomic mass is 32.1. The Morgan fingerprint density at radius 3 is 3.03 bits per heavy atom. The number of hydrogen-bond acceptors (Lipinski definition) is 6. The number of carbonyl (C=O) groups excluding carboxylic acids is 1. The third kappa shape index (κ3) is 3.93. The molecule has 0 saturated carbocycles. The molecule has 0 radical (unpaired) electrons. The van der Waals surface area contributed by atoms with Crippen LogP contribution in [0.3, 0.4) is 0 Å². The van der Waals surface area contributed by atoms with E-state index >= 15 is 0 Å². The molecule has 1 atom stereocenters. The van der Waals surface area contributed by atoms with Crippen LogP contribution in [0, 0.1) is 0 Å². The van der Waals surface area contributed by atoms with Gasteiger partial charge in [-0.15, -0.1) is 11.3 Å². The summed E-state index contributed by atoms with van der Waals surface area (Å²) in [6.45, 7) is 5.08. The molecular formula is C24H24N4O3S. The first-order chi connectivity index (χ1) is 15.6. The quantitative estimate of drug-likeness (QED) is 0.459. The van der Waals surface area contributed by atoms with Gasteiger partial charge in [0.2, 0.25) is 5.91 Å². The molecule has 5 rings (SSSR count). The van der Waals surface area contributed by atoms with Crippen LogP contribution in [0.15, 0.2) is 47.3 Å². The van der Waals surface area contributed by atoms with Gasteiger partial charge in [-0.3, -0.25) is 4.79 Å². The van der Waals surface area contributed by atoms with Gasteiger partial charge in [0.05, 0.1) is 23.2 Å². The number of fused-ring (bicyclic) bond motifs is 2. The van der Waals surface area contributed by atoms with Crippen molar-refractivity contribution in [2.45, 2.75) is 39.5 Å². The zero-order valence-corrected chi connectivity index (χ0v) is 18.8. The van der Waals surface area contributed by atoms with Crippen molar-refractivity contribution in [1.29, 1.82) is 0 Å². The van der Waals surface area contributed by atoms with Crippen LogP contribution in [-0.4, -0.2) is 33.2 Å². The average molecular weight is 449 g/mol. The van der Waals surface area contributed by atoms with Crippen LogP contribution in [0.4, 0.5) is 0 Å². The summed E-state index contributed by atoms with van der Waals surface area (Å²) in [4.78, 5) is 22.0. The van der Waals surface area contributed by atoms with Crippen LogP contribution in [0.2, 0.25) is 0 Å². The van der Waals surface area contributed by atoms with Crippen LogP contribution >= 0.6 is 11.3 Å². The van der Waals surface area contributed by atoms with Crippen LogP contribution in [0.5, 0.6) is 11.5 Å². The van der Waals surface area contributed by atoms with E-state index in [0.717, 1.165) is 45.8 Å². The summed E-state index contributed by atoms with van der Waals surface area (Å²) < 4.78 is 13.6. The molecule has 1 N–H and O–H groups in total. The molecule has 4 aromatic rings. The fraction of sp³-hybridized carbons (Fsp3) is 0.292. The molecule has 0 unspecified atom stereocenters. The largest absolute Gasteiger partial charge is 0.494 e. The summed E-state index contributed by atoms with van der Waals surface area (Å²) in [5.74, 6) is 2.25. The maximum atomic E-state index is 13.0. The molecular weight excluding hydrogens is 424 g/mol. The molecule has 8 heteroatoms. The number of thiazole rings is 1. The Bertz CT molecular complexity index is 1270. The van der Waals surface area contributed by atoms with E-state index in [1.54, 1.807) is 5.51 Å². The van der Waals surface area contributed by atoms with E-state index in [9.17, 15) is 4.79 Å². The molecule has 164 valence electrons. The number of rotatable bonds is 7. The molecule has 0 spiro atoms. The molecule has 0 bridgehead atoms. The molecule has 7 nitrogen and oxygen atoms in total. The lowest BCUT2D eigenvalue weighted by Crippen LogP contribution is -2.27. The van der Waals surface area contributed by atoms with E-state index in [0.29, 0.717) is 19.0 Å². The summed E-state index contributed by atoms with van der Waals surface area (Å²) in [6.07, 6.45) is 1.03. The smallest absolute Gasteiger partial charge is 0.240 e. The molecule has 0 aliphatic carbocycles. The van der Waals surface area contributed by atoms with Gasteiger partial charge in [-0.2, -0.15) is 0 Å². The molecule has 0 saturated heterocycles. The van der Waals surface area contributed by atoms with Gasteiger partial charge in [-0.25, -0.2) is 9.97 Å². The molecule has 0 fully saturated rings. The Kier molecular flexibility index (Phi) is 5.53. The van der Waals surface area contributed by atoms with Gasteiger partial charge in [0.25, 0.3) is 0 Å². The van der Waals surface area contributed by atoms with Crippen molar-refractivity contribution in [3.8, 4) is 23.0 Å². The van der Waals surface area contributed by atoms with Crippen LogP contribution in [-0.2, 0) is 24.3 Å². The van der Waals surface area contributed by atoms with Crippen molar-refractivity contribution in [3.05, 3.63) is 58.4 Å². The van der Waals surface area contributed by atoms with Gasteiger partial charge < -0.3 is 19.4 Å². The SMILES string of the molecule is CCOc1cc2c(cc1CNC(=O)Cn1c(-c3cscn3)nc3ccccc31)O[C@H](C)C2. The van der Waals surface area contributed by atoms with Gasteiger partial charge in [0, 0.05) is 29.5 Å². The average Bonchev–Trinajstić information content (AvgIpc) is 3.51. The van der Waals surface area contributed by atoms with Gasteiger partial charge in [-0.05, 0) is 38.1 Å². The number of aromatic nitrogens is 3. The third-order valence-electron chi connectivity index (χ3n) is 5.47. The fourth-order valence-corrected chi connectivity index (χ4v) is 4.59. The number of amides is 1. The number of imidazole rings is 1. The van der Waals surface area contributed by atoms with Crippen molar-refractivity contribution < 1.29 is 14.3 Å². The van der Waals surface area contributed by atoms with E-state index in [2.05, 4.69) is 17.2 Å². The Morgan fingerprint density at radius 1 is 1.34 bits per heavy atom. The second-order valence-corrected chi connectivity index (χ2v) is 8.51. The highest BCUT2D eigenvalue weighted by molar-refractivity contribution is 7.07. The molecule has 2 aromatic heterocycles. The molecule has 1 aliphatic rings. The minimum atomic E-state index is -0.109. The highest BCUT2D eigenvalue weighted by Crippen LogP contribution is 2.35.